The summed E-state index contributed by atoms with van der Waals surface area (Å²) < 4.78 is 9.50. The van der Waals surface area contributed by atoms with E-state index in [-0.39, 0.29) is 11.8 Å². The van der Waals surface area contributed by atoms with E-state index < -0.39 is 0 Å². The van der Waals surface area contributed by atoms with Gasteiger partial charge in [-0.3, -0.25) is 9.18 Å². The molecule has 4 heteroatoms. The summed E-state index contributed by atoms with van der Waals surface area (Å²) in [6, 6.07) is 10.0. The summed E-state index contributed by atoms with van der Waals surface area (Å²) in [6.07, 6.45) is 1.28. The van der Waals surface area contributed by atoms with E-state index in [4.69, 9.17) is 0 Å². The molecule has 1 fully saturated rings. The van der Waals surface area contributed by atoms with Crippen LogP contribution in [-0.2, 0) is 11.3 Å². The van der Waals surface area contributed by atoms with Crippen LogP contribution in [-0.4, -0.2) is 37.6 Å². The molecule has 0 radical (unpaired) electrons. The molecule has 1 amide bonds. The van der Waals surface area contributed by atoms with E-state index in [1.165, 1.54) is 6.42 Å². The minimum absolute atomic E-state index is 0.0824. The second-order valence-corrected chi connectivity index (χ2v) is 4.76. The van der Waals surface area contributed by atoms with Crippen molar-refractivity contribution in [3.8, 4) is 0 Å². The fraction of sp³-hybridized carbons (Fsp3) is 0.533. The van der Waals surface area contributed by atoms with Crippen LogP contribution in [0.4, 0.5) is 4.39 Å². The van der Waals surface area contributed by atoms with Gasteiger partial charge >= 0.3 is 0 Å². The highest BCUT2D eigenvalue weighted by molar-refractivity contribution is 5.78. The van der Waals surface area contributed by atoms with Crippen LogP contribution >= 0.6 is 0 Å². The van der Waals surface area contributed by atoms with Gasteiger partial charge in [0.15, 0.2) is 0 Å². The normalized spacial score (nSPS) is 15.7. The molecule has 2 rings (SSSR count). The third kappa shape index (κ3) is 5.39. The van der Waals surface area contributed by atoms with E-state index in [9.17, 15) is 9.18 Å². The predicted molar refractivity (Wildman–Crippen MR) is 75.5 cm³/mol. The molecule has 0 spiro atoms. The zero-order valence-electron chi connectivity index (χ0n) is 11.7. The van der Waals surface area contributed by atoms with Crippen LogP contribution in [0, 0.1) is 5.92 Å². The summed E-state index contributed by atoms with van der Waals surface area (Å²) >= 11 is 0. The molecule has 1 aromatic carbocycles. The number of likely N-dealkylation sites (tertiary alicyclic amines) is 1. The van der Waals surface area contributed by atoms with Gasteiger partial charge in [-0.15, -0.1) is 0 Å². The molecule has 0 aromatic heterocycles. The average molecular weight is 266 g/mol. The first-order chi connectivity index (χ1) is 9.25. The first-order valence-electron chi connectivity index (χ1n) is 6.67. The van der Waals surface area contributed by atoms with Gasteiger partial charge in [0.2, 0.25) is 5.91 Å². The van der Waals surface area contributed by atoms with Crippen molar-refractivity contribution in [2.75, 3.05) is 26.8 Å². The number of nitrogens with one attached hydrogen (secondary N) is 1. The van der Waals surface area contributed by atoms with Crippen molar-refractivity contribution < 1.29 is 9.18 Å². The number of carbonyl (C=O) groups excluding carboxylic acids is 1. The number of hydrogen-bond donors (Lipinski definition) is 1. The molecule has 1 unspecified atom stereocenters. The Hall–Kier alpha value is -1.42. The summed E-state index contributed by atoms with van der Waals surface area (Å²) in [7, 11) is 0.500. The lowest BCUT2D eigenvalue weighted by molar-refractivity contribution is -0.125. The monoisotopic (exact) mass is 266 g/mol. The van der Waals surface area contributed by atoms with Crippen molar-refractivity contribution in [3.63, 3.8) is 0 Å². The van der Waals surface area contributed by atoms with E-state index in [1.54, 1.807) is 0 Å². The molecule has 1 aliphatic rings. The summed E-state index contributed by atoms with van der Waals surface area (Å²) in [5.41, 5.74) is 1.15. The van der Waals surface area contributed by atoms with Gasteiger partial charge in [0.25, 0.3) is 0 Å². The highest BCUT2D eigenvalue weighted by Gasteiger charge is 2.20. The van der Waals surface area contributed by atoms with E-state index in [0.29, 0.717) is 13.7 Å². The Morgan fingerprint density at radius 1 is 1.32 bits per heavy atom. The smallest absolute Gasteiger partial charge is 0.224 e. The molecular weight excluding hydrogens is 243 g/mol. The van der Waals surface area contributed by atoms with Crippen molar-refractivity contribution >= 4 is 5.91 Å². The largest absolute Gasteiger partial charge is 0.352 e. The molecule has 0 saturated carbocycles. The predicted octanol–water partition coefficient (Wildman–Crippen LogP) is 2.23. The number of nitrogens with zero attached hydrogens (tertiary/aromatic N) is 1. The Bertz CT molecular complexity index is 366. The minimum Gasteiger partial charge on any atom is -0.352 e. The maximum absolute atomic E-state index is 11.9. The van der Waals surface area contributed by atoms with Crippen molar-refractivity contribution in [1.82, 2.24) is 10.2 Å². The Balaban J connectivity index is 0.000000861. The van der Waals surface area contributed by atoms with Gasteiger partial charge in [0.05, 0.1) is 7.18 Å². The van der Waals surface area contributed by atoms with Crippen LogP contribution in [0.3, 0.4) is 0 Å². The number of rotatable bonds is 5. The molecule has 1 atom stereocenters. The van der Waals surface area contributed by atoms with E-state index in [2.05, 4.69) is 10.2 Å². The van der Waals surface area contributed by atoms with Gasteiger partial charge in [-0.25, -0.2) is 0 Å². The molecule has 0 aliphatic carbocycles. The number of alkyl halides is 1. The average Bonchev–Trinajstić information content (AvgIpc) is 2.43. The van der Waals surface area contributed by atoms with Crippen LogP contribution in [0.1, 0.15) is 18.9 Å². The van der Waals surface area contributed by atoms with Crippen LogP contribution in [0.15, 0.2) is 30.3 Å². The quantitative estimate of drug-likeness (QED) is 0.886. The zero-order chi connectivity index (χ0) is 14.1. The maximum atomic E-state index is 11.9. The van der Waals surface area contributed by atoms with Crippen LogP contribution < -0.4 is 5.32 Å². The molecule has 3 nitrogen and oxygen atoms in total. The Labute approximate surface area is 114 Å². The highest BCUT2D eigenvalue weighted by atomic mass is 19.1. The Kier molecular flexibility index (Phi) is 7.11. The molecule has 0 bridgehead atoms. The number of amides is 1. The lowest BCUT2D eigenvalue weighted by atomic mass is 10.1. The van der Waals surface area contributed by atoms with Crippen LogP contribution in [0.2, 0.25) is 0 Å². The molecule has 1 aliphatic heterocycles. The second kappa shape index (κ2) is 8.64. The van der Waals surface area contributed by atoms with E-state index >= 15 is 0 Å². The molecule has 1 saturated heterocycles. The summed E-state index contributed by atoms with van der Waals surface area (Å²) in [6.45, 7) is 5.82. The lowest BCUT2D eigenvalue weighted by Gasteiger charge is -2.32. The van der Waals surface area contributed by atoms with Crippen LogP contribution in [0.25, 0.3) is 0 Å². The summed E-state index contributed by atoms with van der Waals surface area (Å²) in [5.74, 6) is 0.236. The molecule has 1 aromatic rings. The second-order valence-electron chi connectivity index (χ2n) is 4.76. The standard InChI is InChI=1S/C14H20N2O.CH3F/c1-12(11-16-8-5-9-16)14(17)15-10-13-6-3-2-4-7-13;1-2/h2-4,6-7,12H,5,8-11H2,1H3,(H,15,17);1H3. The van der Waals surface area contributed by atoms with Gasteiger partial charge in [0.1, 0.15) is 0 Å². The fourth-order valence-corrected chi connectivity index (χ4v) is 1.99. The first kappa shape index (κ1) is 15.6. The topological polar surface area (TPSA) is 32.3 Å². The third-order valence-corrected chi connectivity index (χ3v) is 3.24. The molecule has 19 heavy (non-hydrogen) atoms. The van der Waals surface area contributed by atoms with Gasteiger partial charge in [0, 0.05) is 19.0 Å². The van der Waals surface area contributed by atoms with Crippen molar-refractivity contribution in [3.05, 3.63) is 35.9 Å². The number of carbonyl (C=O) groups is 1. The van der Waals surface area contributed by atoms with Crippen LogP contribution in [0.5, 0.6) is 0 Å². The van der Waals surface area contributed by atoms with E-state index in [0.717, 1.165) is 25.2 Å². The zero-order valence-corrected chi connectivity index (χ0v) is 11.7. The summed E-state index contributed by atoms with van der Waals surface area (Å²) in [4.78, 5) is 14.2. The molecular formula is C15H23FN2O. The molecule has 1 heterocycles. The van der Waals surface area contributed by atoms with Gasteiger partial charge in [-0.2, -0.15) is 0 Å². The first-order valence-corrected chi connectivity index (χ1v) is 6.67. The third-order valence-electron chi connectivity index (χ3n) is 3.24. The van der Waals surface area contributed by atoms with E-state index in [1.807, 2.05) is 37.3 Å². The lowest BCUT2D eigenvalue weighted by Crippen LogP contribution is -2.43. The number of halogens is 1. The SMILES string of the molecule is CC(CN1CCC1)C(=O)NCc1ccccc1.CF. The van der Waals surface area contributed by atoms with Crippen molar-refractivity contribution in [2.45, 2.75) is 19.9 Å². The highest BCUT2D eigenvalue weighted by Crippen LogP contribution is 2.09. The molecule has 1 N–H and O–H groups in total. The van der Waals surface area contributed by atoms with Gasteiger partial charge in [-0.1, -0.05) is 37.3 Å². The number of benzene rings is 1. The van der Waals surface area contributed by atoms with Gasteiger partial charge < -0.3 is 10.2 Å². The van der Waals surface area contributed by atoms with Gasteiger partial charge in [-0.05, 0) is 25.1 Å². The summed E-state index contributed by atoms with van der Waals surface area (Å²) in [5, 5.41) is 2.99. The number of hydrogen-bond acceptors (Lipinski definition) is 2. The Morgan fingerprint density at radius 3 is 2.47 bits per heavy atom. The molecule has 106 valence electrons. The minimum atomic E-state index is 0.0824. The van der Waals surface area contributed by atoms with Crippen molar-refractivity contribution in [2.24, 2.45) is 5.92 Å². The fourth-order valence-electron chi connectivity index (χ4n) is 1.99. The maximum Gasteiger partial charge on any atom is 0.224 e. The van der Waals surface area contributed by atoms with Crippen molar-refractivity contribution in [1.29, 1.82) is 0 Å². The Morgan fingerprint density at radius 2 is 1.95 bits per heavy atom.